The number of nitriles is 1. The van der Waals surface area contributed by atoms with E-state index >= 15 is 0 Å². The number of hydrogen-bond donors (Lipinski definition) is 1. The molecule has 4 nitrogen and oxygen atoms in total. The zero-order valence-corrected chi connectivity index (χ0v) is 11.3. The fourth-order valence-electron chi connectivity index (χ4n) is 2.30. The van der Waals surface area contributed by atoms with Crippen LogP contribution < -0.4 is 4.90 Å². The van der Waals surface area contributed by atoms with Crippen LogP contribution in [0.5, 0.6) is 0 Å². The van der Waals surface area contributed by atoms with E-state index in [9.17, 15) is 23.1 Å². The van der Waals surface area contributed by atoms with Gasteiger partial charge in [-0.2, -0.15) is 18.4 Å². The lowest BCUT2D eigenvalue weighted by molar-refractivity contribution is -0.209. The Hall–Kier alpha value is -1.78. The number of hydrogen-bond acceptors (Lipinski definition) is 3. The van der Waals surface area contributed by atoms with E-state index in [1.807, 2.05) is 6.07 Å². The first kappa shape index (κ1) is 15.6. The van der Waals surface area contributed by atoms with Gasteiger partial charge in [0.1, 0.15) is 6.07 Å². The summed E-state index contributed by atoms with van der Waals surface area (Å²) < 4.78 is 38.0. The van der Waals surface area contributed by atoms with E-state index < -0.39 is 24.2 Å². The van der Waals surface area contributed by atoms with Crippen LogP contribution >= 0.6 is 11.6 Å². The molecule has 1 aliphatic rings. The summed E-state index contributed by atoms with van der Waals surface area (Å²) in [4.78, 5) is 12.7. The molecule has 1 heterocycles. The molecule has 0 saturated carbocycles. The van der Waals surface area contributed by atoms with Crippen LogP contribution in [-0.4, -0.2) is 29.3 Å². The maximum absolute atomic E-state index is 12.7. The van der Waals surface area contributed by atoms with Crippen molar-refractivity contribution in [2.45, 2.75) is 31.2 Å². The van der Waals surface area contributed by atoms with Crippen molar-refractivity contribution >= 4 is 23.2 Å². The molecule has 0 aliphatic carbocycles. The highest BCUT2D eigenvalue weighted by Gasteiger charge is 2.49. The third-order valence-corrected chi connectivity index (χ3v) is 3.62. The minimum atomic E-state index is -4.82. The molecule has 0 spiro atoms. The van der Waals surface area contributed by atoms with E-state index in [1.54, 1.807) is 0 Å². The molecule has 1 aliphatic heterocycles. The molecule has 2 atom stereocenters. The Labute approximate surface area is 123 Å². The molecular weight excluding hydrogens is 309 g/mol. The number of alkyl halides is 3. The van der Waals surface area contributed by atoms with Crippen molar-refractivity contribution in [2.24, 2.45) is 0 Å². The number of halogens is 4. The summed E-state index contributed by atoms with van der Waals surface area (Å²) in [6.07, 6.45) is -7.63. The van der Waals surface area contributed by atoms with Crippen LogP contribution in [0, 0.1) is 11.3 Å². The fraction of sp³-hybridized carbons (Fsp3) is 0.385. The van der Waals surface area contributed by atoms with Crippen LogP contribution in [0.2, 0.25) is 5.02 Å². The van der Waals surface area contributed by atoms with Crippen LogP contribution in [0.25, 0.3) is 0 Å². The zero-order chi connectivity index (χ0) is 15.8. The minimum Gasteiger partial charge on any atom is -0.382 e. The molecule has 2 unspecified atom stereocenters. The summed E-state index contributed by atoms with van der Waals surface area (Å²) in [6.45, 7) is 0. The molecule has 0 bridgehead atoms. The van der Waals surface area contributed by atoms with Crippen molar-refractivity contribution in [1.82, 2.24) is 0 Å². The van der Waals surface area contributed by atoms with Crippen molar-refractivity contribution in [2.75, 3.05) is 4.90 Å². The first-order valence-electron chi connectivity index (χ1n) is 6.02. The van der Waals surface area contributed by atoms with Gasteiger partial charge in [-0.1, -0.05) is 11.6 Å². The number of benzene rings is 1. The van der Waals surface area contributed by atoms with Gasteiger partial charge < -0.3 is 10.0 Å². The highest BCUT2D eigenvalue weighted by Crippen LogP contribution is 2.35. The zero-order valence-electron chi connectivity index (χ0n) is 10.6. The molecule has 8 heteroatoms. The predicted molar refractivity (Wildman–Crippen MR) is 68.7 cm³/mol. The minimum absolute atomic E-state index is 0.0370. The molecular formula is C13H10ClF3N2O2. The maximum Gasteiger partial charge on any atom is 0.416 e. The normalized spacial score (nSPS) is 20.5. The van der Waals surface area contributed by atoms with Gasteiger partial charge in [0.15, 0.2) is 6.10 Å². The Morgan fingerprint density at radius 2 is 2.14 bits per heavy atom. The molecule has 1 saturated heterocycles. The lowest BCUT2D eigenvalue weighted by atomic mass is 10.1. The van der Waals surface area contributed by atoms with Crippen molar-refractivity contribution in [3.05, 3.63) is 28.8 Å². The number of rotatable bonds is 2. The van der Waals surface area contributed by atoms with Gasteiger partial charge in [-0.05, 0) is 24.6 Å². The summed E-state index contributed by atoms with van der Waals surface area (Å²) in [7, 11) is 0. The number of aliphatic hydroxyl groups is 1. The van der Waals surface area contributed by atoms with Gasteiger partial charge in [-0.3, -0.25) is 4.79 Å². The van der Waals surface area contributed by atoms with Crippen molar-refractivity contribution < 1.29 is 23.1 Å². The molecule has 1 amide bonds. The van der Waals surface area contributed by atoms with E-state index in [2.05, 4.69) is 0 Å². The molecule has 21 heavy (non-hydrogen) atoms. The fourth-order valence-corrected chi connectivity index (χ4v) is 2.52. The summed E-state index contributed by atoms with van der Waals surface area (Å²) >= 11 is 5.83. The summed E-state index contributed by atoms with van der Waals surface area (Å²) in [6, 6.07) is 4.34. The first-order chi connectivity index (χ1) is 9.75. The molecule has 2 rings (SSSR count). The molecule has 1 N–H and O–H groups in total. The molecule has 0 radical (unpaired) electrons. The van der Waals surface area contributed by atoms with E-state index in [1.165, 1.54) is 18.2 Å². The molecule has 1 fully saturated rings. The second-order valence-electron chi connectivity index (χ2n) is 4.63. The average Bonchev–Trinajstić information content (AvgIpc) is 2.78. The molecule has 0 aromatic heterocycles. The Kier molecular flexibility index (Phi) is 4.12. The summed E-state index contributed by atoms with van der Waals surface area (Å²) in [5, 5.41) is 18.2. The highest BCUT2D eigenvalue weighted by atomic mass is 35.5. The van der Waals surface area contributed by atoms with Crippen LogP contribution in [-0.2, 0) is 4.79 Å². The van der Waals surface area contributed by atoms with Crippen LogP contribution in [0.1, 0.15) is 18.4 Å². The lowest BCUT2D eigenvalue weighted by Crippen LogP contribution is -2.48. The summed E-state index contributed by atoms with van der Waals surface area (Å²) in [5.41, 5.74) is 0.287. The topological polar surface area (TPSA) is 64.3 Å². The number of aliphatic hydroxyl groups excluding tert-OH is 1. The van der Waals surface area contributed by atoms with Gasteiger partial charge in [0.05, 0.1) is 16.6 Å². The van der Waals surface area contributed by atoms with Gasteiger partial charge in [0.2, 0.25) is 5.91 Å². The SMILES string of the molecule is N#Cc1ccc(N2C(=O)CCC2C(O)C(F)(F)F)cc1Cl. The monoisotopic (exact) mass is 318 g/mol. The second-order valence-corrected chi connectivity index (χ2v) is 5.04. The molecule has 112 valence electrons. The first-order valence-corrected chi connectivity index (χ1v) is 6.40. The van der Waals surface area contributed by atoms with Crippen molar-refractivity contribution in [3.8, 4) is 6.07 Å². The summed E-state index contributed by atoms with van der Waals surface area (Å²) in [5.74, 6) is -0.524. The number of carbonyl (C=O) groups excluding carboxylic acids is 1. The average molecular weight is 319 g/mol. The molecule has 1 aromatic rings. The van der Waals surface area contributed by atoms with Gasteiger partial charge >= 0.3 is 6.18 Å². The highest BCUT2D eigenvalue weighted by molar-refractivity contribution is 6.32. The van der Waals surface area contributed by atoms with Gasteiger partial charge in [0.25, 0.3) is 0 Å². The quantitative estimate of drug-likeness (QED) is 0.911. The predicted octanol–water partition coefficient (Wildman–Crippen LogP) is 2.63. The third-order valence-electron chi connectivity index (χ3n) is 3.31. The number of anilines is 1. The van der Waals surface area contributed by atoms with Crippen LogP contribution in [0.3, 0.4) is 0 Å². The third kappa shape index (κ3) is 2.96. The van der Waals surface area contributed by atoms with E-state index in [4.69, 9.17) is 16.9 Å². The van der Waals surface area contributed by atoms with E-state index in [-0.39, 0.29) is 29.1 Å². The Balaban J connectivity index is 2.38. The standard InChI is InChI=1S/C13H10ClF3N2O2/c14-9-5-8(2-1-7(9)6-18)19-10(3-4-11(19)20)12(21)13(15,16)17/h1-2,5,10,12,21H,3-4H2. The van der Waals surface area contributed by atoms with Gasteiger partial charge in [0, 0.05) is 12.1 Å². The van der Waals surface area contributed by atoms with Crippen molar-refractivity contribution in [1.29, 1.82) is 5.26 Å². The largest absolute Gasteiger partial charge is 0.416 e. The van der Waals surface area contributed by atoms with Crippen molar-refractivity contribution in [3.63, 3.8) is 0 Å². The Morgan fingerprint density at radius 1 is 1.48 bits per heavy atom. The van der Waals surface area contributed by atoms with Gasteiger partial charge in [-0.25, -0.2) is 0 Å². The van der Waals surface area contributed by atoms with Crippen LogP contribution in [0.4, 0.5) is 18.9 Å². The lowest BCUT2D eigenvalue weighted by Gasteiger charge is -2.30. The Bertz CT molecular complexity index is 612. The second kappa shape index (κ2) is 5.54. The Morgan fingerprint density at radius 3 is 2.67 bits per heavy atom. The number of carbonyl (C=O) groups is 1. The maximum atomic E-state index is 12.7. The smallest absolute Gasteiger partial charge is 0.382 e. The van der Waals surface area contributed by atoms with Gasteiger partial charge in [-0.15, -0.1) is 0 Å². The van der Waals surface area contributed by atoms with E-state index in [0.717, 1.165) is 4.90 Å². The molecule has 1 aromatic carbocycles. The number of amides is 1. The van der Waals surface area contributed by atoms with E-state index in [0.29, 0.717) is 0 Å². The number of nitrogens with zero attached hydrogens (tertiary/aromatic N) is 2. The van der Waals surface area contributed by atoms with Crippen LogP contribution in [0.15, 0.2) is 18.2 Å².